The predicted molar refractivity (Wildman–Crippen MR) is 70.3 cm³/mol. The zero-order valence-electron chi connectivity index (χ0n) is 10.8. The summed E-state index contributed by atoms with van der Waals surface area (Å²) in [6, 6.07) is 7.88. The average molecular weight is 248 g/mol. The second-order valence-corrected chi connectivity index (χ2v) is 4.90. The van der Waals surface area contributed by atoms with Gasteiger partial charge in [0.05, 0.1) is 0 Å². The van der Waals surface area contributed by atoms with E-state index in [1.807, 2.05) is 31.2 Å². The molecule has 1 aliphatic rings. The van der Waals surface area contributed by atoms with Crippen molar-refractivity contribution in [3.8, 4) is 5.75 Å². The third-order valence-corrected chi connectivity index (χ3v) is 2.99. The van der Waals surface area contributed by atoms with E-state index in [1.54, 1.807) is 6.92 Å². The van der Waals surface area contributed by atoms with Crippen molar-refractivity contribution < 1.29 is 9.53 Å². The van der Waals surface area contributed by atoms with Crippen molar-refractivity contribution in [1.82, 2.24) is 5.32 Å². The van der Waals surface area contributed by atoms with Crippen LogP contribution >= 0.6 is 0 Å². The first kappa shape index (κ1) is 12.9. The van der Waals surface area contributed by atoms with Crippen LogP contribution in [0.4, 0.5) is 0 Å². The molecule has 0 spiro atoms. The lowest BCUT2D eigenvalue weighted by Gasteiger charge is -2.15. The Morgan fingerprint density at radius 1 is 1.44 bits per heavy atom. The van der Waals surface area contributed by atoms with Gasteiger partial charge >= 0.3 is 0 Å². The van der Waals surface area contributed by atoms with Crippen molar-refractivity contribution in [3.63, 3.8) is 0 Å². The van der Waals surface area contributed by atoms with Gasteiger partial charge in [-0.05, 0) is 44.4 Å². The van der Waals surface area contributed by atoms with Crippen LogP contribution in [0.5, 0.6) is 5.75 Å². The minimum Gasteiger partial charge on any atom is -0.481 e. The molecule has 4 heteroatoms. The summed E-state index contributed by atoms with van der Waals surface area (Å²) in [6.07, 6.45) is 1.69. The molecule has 18 heavy (non-hydrogen) atoms. The summed E-state index contributed by atoms with van der Waals surface area (Å²) in [4.78, 5) is 11.8. The Balaban J connectivity index is 1.94. The van der Waals surface area contributed by atoms with Crippen molar-refractivity contribution >= 4 is 5.91 Å². The van der Waals surface area contributed by atoms with Gasteiger partial charge in [0.15, 0.2) is 6.10 Å². The highest BCUT2D eigenvalue weighted by molar-refractivity contribution is 5.81. The Hall–Kier alpha value is -1.55. The molecule has 3 N–H and O–H groups in total. The Morgan fingerprint density at radius 2 is 2.17 bits per heavy atom. The number of carbonyl (C=O) groups is 1. The molecule has 0 aliphatic heterocycles. The molecule has 1 aromatic rings. The quantitative estimate of drug-likeness (QED) is 0.834. The summed E-state index contributed by atoms with van der Waals surface area (Å²) in [7, 11) is 0. The maximum absolute atomic E-state index is 11.8. The highest BCUT2D eigenvalue weighted by Gasteiger charge is 2.26. The van der Waals surface area contributed by atoms with E-state index in [0.717, 1.165) is 18.4 Å². The molecule has 0 saturated heterocycles. The Morgan fingerprint density at radius 3 is 2.78 bits per heavy atom. The van der Waals surface area contributed by atoms with Gasteiger partial charge < -0.3 is 15.8 Å². The second kappa shape index (κ2) is 5.40. The van der Waals surface area contributed by atoms with Gasteiger partial charge in [-0.2, -0.15) is 0 Å². The third kappa shape index (κ3) is 3.47. The molecule has 1 saturated carbocycles. The molecule has 98 valence electrons. The van der Waals surface area contributed by atoms with E-state index in [0.29, 0.717) is 11.8 Å². The molecule has 4 nitrogen and oxygen atoms in total. The number of carbonyl (C=O) groups excluding carboxylic acids is 1. The number of benzene rings is 1. The van der Waals surface area contributed by atoms with Gasteiger partial charge in [0.25, 0.3) is 5.91 Å². The number of hydrogen-bond donors (Lipinski definition) is 2. The summed E-state index contributed by atoms with van der Waals surface area (Å²) in [5.41, 5.74) is 6.81. The lowest BCUT2D eigenvalue weighted by Crippen LogP contribution is -2.37. The fraction of sp³-hybridized carbons (Fsp3) is 0.500. The van der Waals surface area contributed by atoms with Crippen LogP contribution in [0, 0.1) is 0 Å². The fourth-order valence-electron chi connectivity index (χ4n) is 1.67. The van der Waals surface area contributed by atoms with E-state index < -0.39 is 6.10 Å². The molecule has 1 unspecified atom stereocenters. The van der Waals surface area contributed by atoms with Gasteiger partial charge in [-0.1, -0.05) is 12.1 Å². The van der Waals surface area contributed by atoms with Gasteiger partial charge in [-0.3, -0.25) is 4.79 Å². The van der Waals surface area contributed by atoms with Crippen molar-refractivity contribution in [2.24, 2.45) is 5.73 Å². The Kier molecular flexibility index (Phi) is 3.87. The van der Waals surface area contributed by atoms with Crippen molar-refractivity contribution in [2.75, 3.05) is 0 Å². The number of ether oxygens (including phenoxy) is 1. The van der Waals surface area contributed by atoms with Crippen molar-refractivity contribution in [1.29, 1.82) is 0 Å². The smallest absolute Gasteiger partial charge is 0.260 e. The number of hydrogen-bond acceptors (Lipinski definition) is 3. The molecule has 2 rings (SSSR count). The molecular formula is C14H20N2O2. The lowest BCUT2D eigenvalue weighted by molar-refractivity contribution is -0.127. The predicted octanol–water partition coefficient (Wildman–Crippen LogP) is 1.75. The van der Waals surface area contributed by atoms with Crippen LogP contribution in [0.1, 0.15) is 38.3 Å². The number of rotatable bonds is 5. The van der Waals surface area contributed by atoms with Crippen LogP contribution in [-0.2, 0) is 4.79 Å². The molecular weight excluding hydrogens is 228 g/mol. The topological polar surface area (TPSA) is 64.3 Å². The van der Waals surface area contributed by atoms with Gasteiger partial charge in [0.1, 0.15) is 5.75 Å². The largest absolute Gasteiger partial charge is 0.481 e. The fourth-order valence-corrected chi connectivity index (χ4v) is 1.67. The standard InChI is InChI=1S/C14H20N2O2/c1-9(15)11-4-3-5-13(8-11)18-10(2)14(17)16-12-6-7-12/h3-5,8-10,12H,6-7,15H2,1-2H3,(H,16,17)/t9-,10?/m0/s1. The molecule has 0 heterocycles. The summed E-state index contributed by atoms with van der Waals surface area (Å²) in [5.74, 6) is 0.631. The van der Waals surface area contributed by atoms with Crippen LogP contribution in [0.25, 0.3) is 0 Å². The Bertz CT molecular complexity index is 428. The van der Waals surface area contributed by atoms with Gasteiger partial charge in [-0.25, -0.2) is 0 Å². The molecule has 1 aliphatic carbocycles. The number of nitrogens with one attached hydrogen (secondary N) is 1. The molecule has 1 aromatic carbocycles. The SMILES string of the molecule is CC(Oc1cccc([C@H](C)N)c1)C(=O)NC1CC1. The molecule has 2 atom stereocenters. The first-order valence-corrected chi connectivity index (χ1v) is 6.39. The van der Waals surface area contributed by atoms with Gasteiger partial charge in [-0.15, -0.1) is 0 Å². The maximum atomic E-state index is 11.8. The monoisotopic (exact) mass is 248 g/mol. The van der Waals surface area contributed by atoms with Crippen LogP contribution in [0.3, 0.4) is 0 Å². The first-order valence-electron chi connectivity index (χ1n) is 6.39. The lowest BCUT2D eigenvalue weighted by atomic mass is 10.1. The van der Waals surface area contributed by atoms with Crippen LogP contribution in [-0.4, -0.2) is 18.1 Å². The minimum absolute atomic E-state index is 0.0378. The van der Waals surface area contributed by atoms with Crippen LogP contribution in [0.15, 0.2) is 24.3 Å². The summed E-state index contributed by atoms with van der Waals surface area (Å²) in [5, 5.41) is 2.92. The number of nitrogens with two attached hydrogens (primary N) is 1. The van der Waals surface area contributed by atoms with E-state index in [-0.39, 0.29) is 11.9 Å². The highest BCUT2D eigenvalue weighted by Crippen LogP contribution is 2.21. The van der Waals surface area contributed by atoms with Gasteiger partial charge in [0.2, 0.25) is 0 Å². The molecule has 1 amide bonds. The summed E-state index contributed by atoms with van der Waals surface area (Å²) in [6.45, 7) is 3.68. The highest BCUT2D eigenvalue weighted by atomic mass is 16.5. The normalized spacial score (nSPS) is 17.9. The first-order chi connectivity index (χ1) is 8.56. The zero-order valence-corrected chi connectivity index (χ0v) is 10.8. The van der Waals surface area contributed by atoms with E-state index in [9.17, 15) is 4.79 Å². The van der Waals surface area contributed by atoms with E-state index in [2.05, 4.69) is 5.32 Å². The molecule has 0 radical (unpaired) electrons. The van der Waals surface area contributed by atoms with E-state index >= 15 is 0 Å². The van der Waals surface area contributed by atoms with Crippen molar-refractivity contribution in [2.45, 2.75) is 44.9 Å². The Labute approximate surface area is 108 Å². The second-order valence-electron chi connectivity index (χ2n) is 4.90. The third-order valence-electron chi connectivity index (χ3n) is 2.99. The summed E-state index contributed by atoms with van der Waals surface area (Å²) >= 11 is 0. The average Bonchev–Trinajstić information content (AvgIpc) is 3.13. The molecule has 0 bridgehead atoms. The molecule has 1 fully saturated rings. The maximum Gasteiger partial charge on any atom is 0.260 e. The zero-order chi connectivity index (χ0) is 13.1. The minimum atomic E-state index is -0.478. The van der Waals surface area contributed by atoms with Crippen molar-refractivity contribution in [3.05, 3.63) is 29.8 Å². The van der Waals surface area contributed by atoms with E-state index in [4.69, 9.17) is 10.5 Å². The van der Waals surface area contributed by atoms with Crippen LogP contribution in [0.2, 0.25) is 0 Å². The van der Waals surface area contributed by atoms with E-state index in [1.165, 1.54) is 0 Å². The number of amides is 1. The summed E-state index contributed by atoms with van der Waals surface area (Å²) < 4.78 is 5.63. The van der Waals surface area contributed by atoms with Gasteiger partial charge in [0, 0.05) is 12.1 Å². The molecule has 0 aromatic heterocycles. The van der Waals surface area contributed by atoms with Crippen LogP contribution < -0.4 is 15.8 Å².